The van der Waals surface area contributed by atoms with Crippen LogP contribution in [0.4, 0.5) is 0 Å². The van der Waals surface area contributed by atoms with Crippen LogP contribution in [0.25, 0.3) is 21.3 Å². The van der Waals surface area contributed by atoms with Gasteiger partial charge >= 0.3 is 5.97 Å². The first kappa shape index (κ1) is 17.5. The molecule has 6 nitrogen and oxygen atoms in total. The lowest BCUT2D eigenvalue weighted by atomic mass is 10.1. The van der Waals surface area contributed by atoms with Crippen LogP contribution in [-0.4, -0.2) is 33.9 Å². The third-order valence-corrected chi connectivity index (χ3v) is 5.41. The van der Waals surface area contributed by atoms with Gasteiger partial charge in [-0.1, -0.05) is 23.9 Å². The number of carboxylic acids is 1. The van der Waals surface area contributed by atoms with Crippen molar-refractivity contribution in [3.05, 3.63) is 40.0 Å². The Morgan fingerprint density at radius 1 is 1.44 bits per heavy atom. The average Bonchev–Trinajstić information content (AvgIpc) is 3.03. The van der Waals surface area contributed by atoms with Crippen LogP contribution < -0.4 is 10.3 Å². The van der Waals surface area contributed by atoms with Gasteiger partial charge in [-0.2, -0.15) is 0 Å². The number of thiophene rings is 1. The van der Waals surface area contributed by atoms with Crippen molar-refractivity contribution in [1.29, 1.82) is 0 Å². The highest BCUT2D eigenvalue weighted by Crippen LogP contribution is 2.33. The summed E-state index contributed by atoms with van der Waals surface area (Å²) in [5.74, 6) is 0.500. The number of benzene rings is 1. The fourth-order valence-electron chi connectivity index (χ4n) is 2.39. The van der Waals surface area contributed by atoms with Crippen LogP contribution >= 0.6 is 23.1 Å². The number of hydrogen-bond acceptors (Lipinski definition) is 6. The molecule has 1 aromatic carbocycles. The number of ether oxygens (including phenoxy) is 1. The van der Waals surface area contributed by atoms with Crippen LogP contribution in [0.5, 0.6) is 5.75 Å². The van der Waals surface area contributed by atoms with Gasteiger partial charge in [-0.25, -0.2) is 4.98 Å². The molecule has 130 valence electrons. The van der Waals surface area contributed by atoms with Gasteiger partial charge in [0.15, 0.2) is 5.16 Å². The van der Waals surface area contributed by atoms with Gasteiger partial charge < -0.3 is 14.8 Å². The van der Waals surface area contributed by atoms with Crippen molar-refractivity contribution >= 4 is 39.3 Å². The number of carbonyl (C=O) groups is 1. The Labute approximate surface area is 151 Å². The maximum atomic E-state index is 12.5. The minimum atomic E-state index is -0.821. The lowest BCUT2D eigenvalue weighted by Crippen LogP contribution is -2.08. The van der Waals surface area contributed by atoms with Gasteiger partial charge in [0.1, 0.15) is 10.6 Å². The molecule has 0 aliphatic rings. The second-order valence-electron chi connectivity index (χ2n) is 5.28. The predicted molar refractivity (Wildman–Crippen MR) is 99.8 cm³/mol. The number of rotatable bonds is 7. The van der Waals surface area contributed by atoms with Gasteiger partial charge in [0.05, 0.1) is 12.5 Å². The summed E-state index contributed by atoms with van der Waals surface area (Å²) in [5, 5.41) is 11.7. The minimum absolute atomic E-state index is 0.110. The van der Waals surface area contributed by atoms with Crippen molar-refractivity contribution in [3.63, 3.8) is 0 Å². The van der Waals surface area contributed by atoms with E-state index < -0.39 is 5.97 Å². The zero-order chi connectivity index (χ0) is 17.8. The summed E-state index contributed by atoms with van der Waals surface area (Å²) < 4.78 is 5.24. The highest BCUT2D eigenvalue weighted by Gasteiger charge is 2.13. The number of nitrogens with zero attached hydrogens (tertiary/aromatic N) is 1. The third-order valence-electron chi connectivity index (χ3n) is 3.58. The van der Waals surface area contributed by atoms with Gasteiger partial charge in [0, 0.05) is 23.1 Å². The Bertz CT molecular complexity index is 965. The number of hydrogen-bond donors (Lipinski definition) is 2. The SMILES string of the molecule is COc1cccc(-c2csc3nc(SCCCC(=O)O)[nH]c(=O)c23)c1. The number of carboxylic acid groups (broad SMARTS) is 1. The summed E-state index contributed by atoms with van der Waals surface area (Å²) in [4.78, 5) is 31.0. The van der Waals surface area contributed by atoms with E-state index in [2.05, 4.69) is 9.97 Å². The number of thioether (sulfide) groups is 1. The molecular weight excluding hydrogens is 360 g/mol. The van der Waals surface area contributed by atoms with E-state index in [0.29, 0.717) is 27.5 Å². The summed E-state index contributed by atoms with van der Waals surface area (Å²) in [6, 6.07) is 7.55. The highest BCUT2D eigenvalue weighted by atomic mass is 32.2. The summed E-state index contributed by atoms with van der Waals surface area (Å²) in [6.45, 7) is 0. The van der Waals surface area contributed by atoms with Crippen molar-refractivity contribution < 1.29 is 14.6 Å². The molecule has 0 atom stereocenters. The van der Waals surface area contributed by atoms with E-state index in [1.807, 2.05) is 29.6 Å². The number of aromatic amines is 1. The van der Waals surface area contributed by atoms with Crippen molar-refractivity contribution in [2.24, 2.45) is 0 Å². The van der Waals surface area contributed by atoms with E-state index in [-0.39, 0.29) is 12.0 Å². The zero-order valence-corrected chi connectivity index (χ0v) is 15.1. The Hall–Kier alpha value is -2.32. The number of methoxy groups -OCH3 is 1. The van der Waals surface area contributed by atoms with Crippen LogP contribution in [0.1, 0.15) is 12.8 Å². The standard InChI is InChI=1S/C17H16N2O4S2/c1-23-11-5-2-4-10(8-11)12-9-25-16-14(12)15(22)18-17(19-16)24-7-3-6-13(20)21/h2,4-5,8-9H,3,6-7H2,1H3,(H,20,21)(H,18,19,22). The smallest absolute Gasteiger partial charge is 0.303 e. The Balaban J connectivity index is 1.89. The lowest BCUT2D eigenvalue weighted by molar-refractivity contribution is -0.137. The first-order chi connectivity index (χ1) is 12.1. The zero-order valence-electron chi connectivity index (χ0n) is 13.4. The normalized spacial score (nSPS) is 10.9. The summed E-state index contributed by atoms with van der Waals surface area (Å²) in [5.41, 5.74) is 1.54. The molecular formula is C17H16N2O4S2. The molecule has 3 aromatic rings. The van der Waals surface area contributed by atoms with Crippen LogP contribution in [0, 0.1) is 0 Å². The van der Waals surface area contributed by atoms with Gasteiger partial charge in [0.25, 0.3) is 5.56 Å². The van der Waals surface area contributed by atoms with Crippen molar-refractivity contribution in [1.82, 2.24) is 9.97 Å². The van der Waals surface area contributed by atoms with Crippen LogP contribution in [0.15, 0.2) is 39.6 Å². The Kier molecular flexibility index (Phi) is 5.40. The van der Waals surface area contributed by atoms with Crippen LogP contribution in [0.2, 0.25) is 0 Å². The molecule has 0 amide bonds. The molecule has 8 heteroatoms. The first-order valence-corrected chi connectivity index (χ1v) is 9.45. The quantitative estimate of drug-likeness (QED) is 0.372. The largest absolute Gasteiger partial charge is 0.497 e. The highest BCUT2D eigenvalue weighted by molar-refractivity contribution is 7.99. The number of fused-ring (bicyclic) bond motifs is 1. The summed E-state index contributed by atoms with van der Waals surface area (Å²) in [7, 11) is 1.60. The van der Waals surface area contributed by atoms with Crippen LogP contribution in [-0.2, 0) is 4.79 Å². The maximum absolute atomic E-state index is 12.5. The average molecular weight is 376 g/mol. The Morgan fingerprint density at radius 3 is 3.04 bits per heavy atom. The van der Waals surface area contributed by atoms with E-state index in [9.17, 15) is 9.59 Å². The molecule has 0 fully saturated rings. The lowest BCUT2D eigenvalue weighted by Gasteiger charge is -2.04. The van der Waals surface area contributed by atoms with Gasteiger partial charge in [-0.15, -0.1) is 11.3 Å². The van der Waals surface area contributed by atoms with Crippen molar-refractivity contribution in [3.8, 4) is 16.9 Å². The molecule has 0 radical (unpaired) electrons. The number of aliphatic carboxylic acids is 1. The van der Waals surface area contributed by atoms with E-state index in [1.54, 1.807) is 7.11 Å². The molecule has 2 aromatic heterocycles. The minimum Gasteiger partial charge on any atom is -0.497 e. The van der Waals surface area contributed by atoms with Crippen molar-refractivity contribution in [2.45, 2.75) is 18.0 Å². The fraction of sp³-hybridized carbons (Fsp3) is 0.235. The molecule has 0 bridgehead atoms. The molecule has 0 spiro atoms. The maximum Gasteiger partial charge on any atom is 0.303 e. The van der Waals surface area contributed by atoms with E-state index in [1.165, 1.54) is 23.1 Å². The predicted octanol–water partition coefficient (Wildman–Crippen LogP) is 3.62. The molecule has 0 saturated heterocycles. The topological polar surface area (TPSA) is 92.3 Å². The first-order valence-electron chi connectivity index (χ1n) is 7.59. The monoisotopic (exact) mass is 376 g/mol. The van der Waals surface area contributed by atoms with Crippen LogP contribution in [0.3, 0.4) is 0 Å². The fourth-order valence-corrected chi connectivity index (χ4v) is 4.20. The second kappa shape index (κ2) is 7.71. The number of aromatic nitrogens is 2. The second-order valence-corrected chi connectivity index (χ2v) is 7.22. The summed E-state index contributed by atoms with van der Waals surface area (Å²) >= 11 is 2.77. The Morgan fingerprint density at radius 2 is 2.28 bits per heavy atom. The number of nitrogens with one attached hydrogen (secondary N) is 1. The molecule has 3 rings (SSSR count). The van der Waals surface area contributed by atoms with Gasteiger partial charge in [-0.3, -0.25) is 9.59 Å². The van der Waals surface area contributed by atoms with Crippen molar-refractivity contribution in [2.75, 3.05) is 12.9 Å². The molecule has 0 saturated carbocycles. The van der Waals surface area contributed by atoms with E-state index in [0.717, 1.165) is 16.9 Å². The third kappa shape index (κ3) is 4.02. The van der Waals surface area contributed by atoms with Gasteiger partial charge in [0.2, 0.25) is 0 Å². The summed E-state index contributed by atoms with van der Waals surface area (Å²) in [6.07, 6.45) is 0.639. The molecule has 2 heterocycles. The molecule has 25 heavy (non-hydrogen) atoms. The number of H-pyrrole nitrogens is 1. The molecule has 0 aliphatic heterocycles. The molecule has 0 unspecified atom stereocenters. The van der Waals surface area contributed by atoms with E-state index in [4.69, 9.17) is 9.84 Å². The molecule has 0 aliphatic carbocycles. The van der Waals surface area contributed by atoms with E-state index >= 15 is 0 Å². The van der Waals surface area contributed by atoms with Gasteiger partial charge in [-0.05, 0) is 24.1 Å². The molecule has 2 N–H and O–H groups in total.